The summed E-state index contributed by atoms with van der Waals surface area (Å²) in [5, 5.41) is 0.741. The van der Waals surface area contributed by atoms with Crippen LogP contribution in [0.4, 0.5) is 13.2 Å². The normalized spacial score (nSPS) is 12.1. The molecule has 0 N–H and O–H groups in total. The Labute approximate surface area is 90.9 Å². The Morgan fingerprint density at radius 1 is 1.12 bits per heavy atom. The molecule has 0 aliphatic heterocycles. The van der Waals surface area contributed by atoms with Crippen LogP contribution >= 0.6 is 0 Å². The van der Waals surface area contributed by atoms with Gasteiger partial charge in [0.05, 0.1) is 11.1 Å². The van der Waals surface area contributed by atoms with Gasteiger partial charge >= 0.3 is 6.18 Å². The summed E-state index contributed by atoms with van der Waals surface area (Å²) in [4.78, 5) is 4.05. The van der Waals surface area contributed by atoms with Crippen molar-refractivity contribution in [2.75, 3.05) is 0 Å². The molecule has 2 aromatic rings. The largest absolute Gasteiger partial charge is 0.416 e. The van der Waals surface area contributed by atoms with Gasteiger partial charge in [-0.1, -0.05) is 6.07 Å². The number of alkyl halides is 3. The molecule has 1 nitrogen and oxygen atoms in total. The summed E-state index contributed by atoms with van der Waals surface area (Å²) in [5.41, 5.74) is 0.924. The first-order valence-electron chi connectivity index (χ1n) is 4.83. The molecule has 0 radical (unpaired) electrons. The van der Waals surface area contributed by atoms with E-state index < -0.39 is 11.7 Å². The number of aryl methyl sites for hydroxylation is 2. The molecule has 0 bridgehead atoms. The van der Waals surface area contributed by atoms with E-state index in [0.29, 0.717) is 5.52 Å². The smallest absolute Gasteiger partial charge is 0.256 e. The predicted octanol–water partition coefficient (Wildman–Crippen LogP) is 3.87. The Balaban J connectivity index is 2.75. The van der Waals surface area contributed by atoms with Crippen molar-refractivity contribution in [1.82, 2.24) is 4.98 Å². The molecule has 1 aromatic carbocycles. The third-order valence-electron chi connectivity index (χ3n) is 2.55. The Kier molecular flexibility index (Phi) is 2.37. The lowest BCUT2D eigenvalue weighted by Gasteiger charge is -2.11. The molecule has 0 atom stereocenters. The Morgan fingerprint density at radius 2 is 1.81 bits per heavy atom. The zero-order valence-electron chi connectivity index (χ0n) is 8.89. The Bertz CT molecular complexity index is 544. The van der Waals surface area contributed by atoms with Gasteiger partial charge in [0.25, 0.3) is 0 Å². The first kappa shape index (κ1) is 10.9. The lowest BCUT2D eigenvalue weighted by Crippen LogP contribution is -2.07. The molecule has 1 aromatic heterocycles. The average molecular weight is 225 g/mol. The lowest BCUT2D eigenvalue weighted by atomic mass is 10.0. The van der Waals surface area contributed by atoms with E-state index in [1.54, 1.807) is 6.20 Å². The fraction of sp³-hybridized carbons (Fsp3) is 0.250. The molecule has 0 unspecified atom stereocenters. The van der Waals surface area contributed by atoms with E-state index in [-0.39, 0.29) is 5.56 Å². The highest BCUT2D eigenvalue weighted by molar-refractivity contribution is 5.83. The number of benzene rings is 1. The molecule has 16 heavy (non-hydrogen) atoms. The number of nitrogens with zero attached hydrogens (tertiary/aromatic N) is 1. The second kappa shape index (κ2) is 3.47. The number of hydrogen-bond acceptors (Lipinski definition) is 1. The first-order chi connectivity index (χ1) is 7.39. The molecule has 1 heterocycles. The van der Waals surface area contributed by atoms with Crippen molar-refractivity contribution >= 4 is 10.9 Å². The van der Waals surface area contributed by atoms with Gasteiger partial charge in [-0.3, -0.25) is 4.98 Å². The number of hydrogen-bond donors (Lipinski definition) is 0. The maximum Gasteiger partial charge on any atom is 0.416 e. The van der Waals surface area contributed by atoms with Crippen molar-refractivity contribution < 1.29 is 13.2 Å². The summed E-state index contributed by atoms with van der Waals surface area (Å²) in [6, 6.07) is 4.40. The molecule has 4 heteroatoms. The number of halogens is 3. The number of rotatable bonds is 0. The van der Waals surface area contributed by atoms with Crippen molar-refractivity contribution in [3.8, 4) is 0 Å². The van der Waals surface area contributed by atoms with Crippen molar-refractivity contribution in [2.24, 2.45) is 0 Å². The molecule has 0 amide bonds. The van der Waals surface area contributed by atoms with E-state index in [1.165, 1.54) is 13.0 Å². The number of pyridine rings is 1. The van der Waals surface area contributed by atoms with Crippen molar-refractivity contribution in [3.63, 3.8) is 0 Å². The zero-order chi connectivity index (χ0) is 11.9. The van der Waals surface area contributed by atoms with Crippen molar-refractivity contribution in [2.45, 2.75) is 20.0 Å². The summed E-state index contributed by atoms with van der Waals surface area (Å²) in [6.45, 7) is 3.31. The third-order valence-corrected chi connectivity index (χ3v) is 2.55. The fourth-order valence-corrected chi connectivity index (χ4v) is 1.76. The maximum absolute atomic E-state index is 12.6. The van der Waals surface area contributed by atoms with E-state index in [9.17, 15) is 13.2 Å². The van der Waals surface area contributed by atoms with Gasteiger partial charge in [0.2, 0.25) is 0 Å². The van der Waals surface area contributed by atoms with Crippen LogP contribution in [0.3, 0.4) is 0 Å². The van der Waals surface area contributed by atoms with Crippen LogP contribution < -0.4 is 0 Å². The third kappa shape index (κ3) is 1.75. The van der Waals surface area contributed by atoms with Crippen LogP contribution in [0.2, 0.25) is 0 Å². The minimum Gasteiger partial charge on any atom is -0.256 e. The number of aromatic nitrogens is 1. The van der Waals surface area contributed by atoms with Crippen LogP contribution in [0.5, 0.6) is 0 Å². The van der Waals surface area contributed by atoms with Gasteiger partial charge in [-0.05, 0) is 37.1 Å². The van der Waals surface area contributed by atoms with Crippen LogP contribution in [-0.4, -0.2) is 4.98 Å². The maximum atomic E-state index is 12.6. The highest BCUT2D eigenvalue weighted by atomic mass is 19.4. The molecule has 0 saturated carbocycles. The van der Waals surface area contributed by atoms with Gasteiger partial charge in [0.1, 0.15) is 0 Å². The minimum atomic E-state index is -4.31. The quantitative estimate of drug-likeness (QED) is 0.663. The first-order valence-corrected chi connectivity index (χ1v) is 4.83. The van der Waals surface area contributed by atoms with E-state index in [1.807, 2.05) is 13.0 Å². The molecular weight excluding hydrogens is 215 g/mol. The fourth-order valence-electron chi connectivity index (χ4n) is 1.76. The van der Waals surface area contributed by atoms with Gasteiger partial charge in [-0.15, -0.1) is 0 Å². The Morgan fingerprint density at radius 3 is 2.44 bits per heavy atom. The summed E-state index contributed by atoms with van der Waals surface area (Å²) < 4.78 is 37.9. The second-order valence-corrected chi connectivity index (χ2v) is 3.82. The molecule has 0 fully saturated rings. The van der Waals surface area contributed by atoms with Crippen LogP contribution in [0.25, 0.3) is 10.9 Å². The molecular formula is C12H10F3N. The van der Waals surface area contributed by atoms with E-state index in [0.717, 1.165) is 17.0 Å². The van der Waals surface area contributed by atoms with Gasteiger partial charge in [0.15, 0.2) is 0 Å². The molecule has 0 aliphatic carbocycles. The molecule has 0 saturated heterocycles. The van der Waals surface area contributed by atoms with Crippen molar-refractivity contribution in [3.05, 3.63) is 41.1 Å². The second-order valence-electron chi connectivity index (χ2n) is 3.82. The zero-order valence-corrected chi connectivity index (χ0v) is 8.89. The van der Waals surface area contributed by atoms with E-state index in [4.69, 9.17) is 0 Å². The van der Waals surface area contributed by atoms with Gasteiger partial charge in [-0.25, -0.2) is 0 Å². The van der Waals surface area contributed by atoms with E-state index >= 15 is 0 Å². The average Bonchev–Trinajstić information content (AvgIpc) is 2.15. The number of fused-ring (bicyclic) bond motifs is 1. The molecule has 84 valence electrons. The van der Waals surface area contributed by atoms with Gasteiger partial charge in [0, 0.05) is 11.6 Å². The summed E-state index contributed by atoms with van der Waals surface area (Å²) >= 11 is 0. The molecule has 2 rings (SSSR count). The predicted molar refractivity (Wildman–Crippen MR) is 56.2 cm³/mol. The minimum absolute atomic E-state index is 0.185. The van der Waals surface area contributed by atoms with Crippen LogP contribution in [0, 0.1) is 13.8 Å². The standard InChI is InChI=1S/C12H10F3N/c1-7-5-9-3-4-10(12(13,14)15)8(2)11(9)16-6-7/h3-6H,1-2H3. The molecule has 0 aliphatic rings. The summed E-state index contributed by atoms with van der Waals surface area (Å²) in [7, 11) is 0. The summed E-state index contributed by atoms with van der Waals surface area (Å²) in [5.74, 6) is 0. The van der Waals surface area contributed by atoms with Crippen LogP contribution in [0.1, 0.15) is 16.7 Å². The van der Waals surface area contributed by atoms with E-state index in [2.05, 4.69) is 4.98 Å². The monoisotopic (exact) mass is 225 g/mol. The van der Waals surface area contributed by atoms with Crippen LogP contribution in [-0.2, 0) is 6.18 Å². The topological polar surface area (TPSA) is 12.9 Å². The summed E-state index contributed by atoms with van der Waals surface area (Å²) in [6.07, 6.45) is -2.74. The van der Waals surface area contributed by atoms with Gasteiger partial charge < -0.3 is 0 Å². The lowest BCUT2D eigenvalue weighted by molar-refractivity contribution is -0.137. The van der Waals surface area contributed by atoms with Crippen LogP contribution in [0.15, 0.2) is 24.4 Å². The highest BCUT2D eigenvalue weighted by Crippen LogP contribution is 2.34. The van der Waals surface area contributed by atoms with Crippen molar-refractivity contribution in [1.29, 1.82) is 0 Å². The highest BCUT2D eigenvalue weighted by Gasteiger charge is 2.32. The SMILES string of the molecule is Cc1cnc2c(C)c(C(F)(F)F)ccc2c1. The van der Waals surface area contributed by atoms with Gasteiger partial charge in [-0.2, -0.15) is 13.2 Å². The molecule has 0 spiro atoms. The Hall–Kier alpha value is -1.58.